The number of carbonyl (C=O) groups excluding carboxylic acids is 1. The Morgan fingerprint density at radius 3 is 2.19 bits per heavy atom. The lowest BCUT2D eigenvalue weighted by Gasteiger charge is -2.13. The lowest BCUT2D eigenvalue weighted by Crippen LogP contribution is -2.31. The van der Waals surface area contributed by atoms with Crippen LogP contribution in [0, 0.1) is 20.8 Å². The van der Waals surface area contributed by atoms with Crippen LogP contribution in [-0.2, 0) is 11.2 Å². The molecule has 0 saturated carbocycles. The molecule has 88 valence electrons. The molecular formula is C14H21NO. The van der Waals surface area contributed by atoms with Crippen LogP contribution in [0.25, 0.3) is 0 Å². The number of Topliss-reactive ketones (excluding diaryl/α,β-unsaturated/α-hetero) is 1. The second-order valence-corrected chi connectivity index (χ2v) is 4.54. The van der Waals surface area contributed by atoms with E-state index in [1.807, 2.05) is 6.92 Å². The summed E-state index contributed by atoms with van der Waals surface area (Å²) in [5, 5.41) is 0. The smallest absolute Gasteiger partial charge is 0.153 e. The molecule has 16 heavy (non-hydrogen) atoms. The number of hydrogen-bond donors (Lipinski definition) is 1. The molecule has 0 aromatic heterocycles. The van der Waals surface area contributed by atoms with Gasteiger partial charge in [0.05, 0.1) is 6.04 Å². The fourth-order valence-corrected chi connectivity index (χ4v) is 2.02. The van der Waals surface area contributed by atoms with Crippen LogP contribution in [-0.4, -0.2) is 11.8 Å². The van der Waals surface area contributed by atoms with E-state index in [0.29, 0.717) is 12.8 Å². The predicted molar refractivity (Wildman–Crippen MR) is 67.6 cm³/mol. The SMILES string of the molecule is CCC(N)C(=O)Cc1c(C)cc(C)cc1C. The summed E-state index contributed by atoms with van der Waals surface area (Å²) in [7, 11) is 0. The molecule has 2 N–H and O–H groups in total. The Bertz CT molecular complexity index is 373. The van der Waals surface area contributed by atoms with Gasteiger partial charge in [0.25, 0.3) is 0 Å². The van der Waals surface area contributed by atoms with Crippen molar-refractivity contribution in [2.45, 2.75) is 46.6 Å². The van der Waals surface area contributed by atoms with E-state index in [2.05, 4.69) is 32.9 Å². The van der Waals surface area contributed by atoms with Crippen LogP contribution in [0.3, 0.4) is 0 Å². The predicted octanol–water partition coefficient (Wildman–Crippen LogP) is 2.46. The first-order valence-corrected chi connectivity index (χ1v) is 5.80. The molecule has 2 nitrogen and oxygen atoms in total. The fourth-order valence-electron chi connectivity index (χ4n) is 2.02. The van der Waals surface area contributed by atoms with Gasteiger partial charge in [-0.15, -0.1) is 0 Å². The van der Waals surface area contributed by atoms with E-state index >= 15 is 0 Å². The van der Waals surface area contributed by atoms with E-state index in [-0.39, 0.29) is 11.8 Å². The second kappa shape index (κ2) is 5.26. The maximum absolute atomic E-state index is 11.8. The van der Waals surface area contributed by atoms with Gasteiger partial charge in [-0.1, -0.05) is 24.6 Å². The Kier molecular flexibility index (Phi) is 4.25. The molecule has 0 aliphatic carbocycles. The average Bonchev–Trinajstić information content (AvgIpc) is 2.21. The van der Waals surface area contributed by atoms with E-state index in [4.69, 9.17) is 5.73 Å². The van der Waals surface area contributed by atoms with Gasteiger partial charge in [0.2, 0.25) is 0 Å². The number of nitrogens with two attached hydrogens (primary N) is 1. The first-order chi connectivity index (χ1) is 7.45. The van der Waals surface area contributed by atoms with E-state index in [9.17, 15) is 4.79 Å². The number of hydrogen-bond acceptors (Lipinski definition) is 2. The van der Waals surface area contributed by atoms with Gasteiger partial charge in [-0.3, -0.25) is 4.79 Å². The topological polar surface area (TPSA) is 43.1 Å². The molecule has 1 aromatic rings. The third-order valence-electron chi connectivity index (χ3n) is 3.04. The first kappa shape index (κ1) is 12.9. The van der Waals surface area contributed by atoms with E-state index in [0.717, 1.165) is 5.56 Å². The highest BCUT2D eigenvalue weighted by molar-refractivity contribution is 5.86. The maximum Gasteiger partial charge on any atom is 0.153 e. The molecule has 1 unspecified atom stereocenters. The number of carbonyl (C=O) groups is 1. The summed E-state index contributed by atoms with van der Waals surface area (Å²) in [5.41, 5.74) is 10.5. The molecule has 0 saturated heterocycles. The Labute approximate surface area is 97.9 Å². The molecule has 0 aliphatic heterocycles. The van der Waals surface area contributed by atoms with Crippen molar-refractivity contribution in [3.8, 4) is 0 Å². The van der Waals surface area contributed by atoms with Gasteiger partial charge in [-0.2, -0.15) is 0 Å². The van der Waals surface area contributed by atoms with Crippen LogP contribution in [0.1, 0.15) is 35.6 Å². The number of benzene rings is 1. The fraction of sp³-hybridized carbons (Fsp3) is 0.500. The zero-order chi connectivity index (χ0) is 12.3. The Morgan fingerprint density at radius 1 is 1.25 bits per heavy atom. The summed E-state index contributed by atoms with van der Waals surface area (Å²) < 4.78 is 0. The van der Waals surface area contributed by atoms with Gasteiger partial charge >= 0.3 is 0 Å². The van der Waals surface area contributed by atoms with E-state index in [1.54, 1.807) is 0 Å². The molecule has 0 aliphatic rings. The van der Waals surface area contributed by atoms with Gasteiger partial charge in [-0.25, -0.2) is 0 Å². The summed E-state index contributed by atoms with van der Waals surface area (Å²) in [6, 6.07) is 3.92. The monoisotopic (exact) mass is 219 g/mol. The van der Waals surface area contributed by atoms with Crippen LogP contribution in [0.2, 0.25) is 0 Å². The lowest BCUT2D eigenvalue weighted by molar-refractivity contribution is -0.119. The molecule has 1 rings (SSSR count). The standard InChI is InChI=1S/C14H21NO/c1-5-13(15)14(16)8-12-10(3)6-9(2)7-11(12)4/h6-7,13H,5,8,15H2,1-4H3. The van der Waals surface area contributed by atoms with Crippen molar-refractivity contribution < 1.29 is 4.79 Å². The Hall–Kier alpha value is -1.15. The largest absolute Gasteiger partial charge is 0.322 e. The third-order valence-corrected chi connectivity index (χ3v) is 3.04. The summed E-state index contributed by atoms with van der Waals surface area (Å²) in [5.74, 6) is 0.137. The zero-order valence-electron chi connectivity index (χ0n) is 10.6. The highest BCUT2D eigenvalue weighted by Crippen LogP contribution is 2.17. The van der Waals surface area contributed by atoms with Gasteiger partial charge in [-0.05, 0) is 43.9 Å². The minimum atomic E-state index is -0.319. The molecule has 1 aromatic carbocycles. The molecule has 0 amide bonds. The van der Waals surface area contributed by atoms with Crippen molar-refractivity contribution in [2.24, 2.45) is 5.73 Å². The van der Waals surface area contributed by atoms with Crippen LogP contribution in [0.15, 0.2) is 12.1 Å². The number of ketones is 1. The van der Waals surface area contributed by atoms with E-state index < -0.39 is 0 Å². The van der Waals surface area contributed by atoms with Crippen molar-refractivity contribution >= 4 is 5.78 Å². The number of aryl methyl sites for hydroxylation is 3. The minimum Gasteiger partial charge on any atom is -0.322 e. The lowest BCUT2D eigenvalue weighted by atomic mass is 9.93. The summed E-state index contributed by atoms with van der Waals surface area (Å²) in [6.45, 7) is 8.13. The van der Waals surface area contributed by atoms with Crippen molar-refractivity contribution in [3.05, 3.63) is 34.4 Å². The van der Waals surface area contributed by atoms with Gasteiger partial charge in [0.1, 0.15) is 0 Å². The molecule has 0 bridgehead atoms. The normalized spacial score (nSPS) is 12.6. The van der Waals surface area contributed by atoms with Crippen molar-refractivity contribution in [1.82, 2.24) is 0 Å². The van der Waals surface area contributed by atoms with Crippen LogP contribution in [0.5, 0.6) is 0 Å². The highest BCUT2D eigenvalue weighted by Gasteiger charge is 2.14. The molecule has 2 heteroatoms. The highest BCUT2D eigenvalue weighted by atomic mass is 16.1. The second-order valence-electron chi connectivity index (χ2n) is 4.54. The minimum absolute atomic E-state index is 0.137. The van der Waals surface area contributed by atoms with Crippen LogP contribution >= 0.6 is 0 Å². The summed E-state index contributed by atoms with van der Waals surface area (Å²) >= 11 is 0. The van der Waals surface area contributed by atoms with Crippen molar-refractivity contribution in [2.75, 3.05) is 0 Å². The molecule has 0 heterocycles. The molecule has 0 radical (unpaired) electrons. The van der Waals surface area contributed by atoms with Crippen LogP contribution < -0.4 is 5.73 Å². The molecular weight excluding hydrogens is 198 g/mol. The van der Waals surface area contributed by atoms with Crippen LogP contribution in [0.4, 0.5) is 0 Å². The Morgan fingerprint density at radius 2 is 1.75 bits per heavy atom. The summed E-state index contributed by atoms with van der Waals surface area (Å²) in [4.78, 5) is 11.8. The van der Waals surface area contributed by atoms with Gasteiger partial charge in [0, 0.05) is 6.42 Å². The quantitative estimate of drug-likeness (QED) is 0.845. The zero-order valence-corrected chi connectivity index (χ0v) is 10.6. The maximum atomic E-state index is 11.8. The molecule has 0 fully saturated rings. The van der Waals surface area contributed by atoms with Crippen molar-refractivity contribution in [3.63, 3.8) is 0 Å². The first-order valence-electron chi connectivity index (χ1n) is 5.80. The third kappa shape index (κ3) is 2.92. The molecule has 0 spiro atoms. The Balaban J connectivity index is 2.93. The van der Waals surface area contributed by atoms with Crippen molar-refractivity contribution in [1.29, 1.82) is 0 Å². The van der Waals surface area contributed by atoms with Gasteiger partial charge in [0.15, 0.2) is 5.78 Å². The molecule has 1 atom stereocenters. The average molecular weight is 219 g/mol. The van der Waals surface area contributed by atoms with E-state index in [1.165, 1.54) is 16.7 Å². The summed E-state index contributed by atoms with van der Waals surface area (Å²) in [6.07, 6.45) is 1.18. The number of rotatable bonds is 4. The van der Waals surface area contributed by atoms with Gasteiger partial charge < -0.3 is 5.73 Å².